The minimum atomic E-state index is -4.04. The SMILES string of the molecule is Cc1ccc(S(=O)(=O)N(C)C[C@@H]2Oc3cc(C#Cc4ccncc4)ccc3S(=O)(=O)N([C@@H](C)CO)C[C@H]2C)cc1. The maximum atomic E-state index is 13.7. The van der Waals surface area contributed by atoms with Crippen molar-refractivity contribution in [1.82, 2.24) is 13.6 Å². The molecule has 3 aromatic rings. The summed E-state index contributed by atoms with van der Waals surface area (Å²) in [5.41, 5.74) is 2.21. The molecule has 2 aromatic carbocycles. The van der Waals surface area contributed by atoms with Gasteiger partial charge in [-0.1, -0.05) is 36.5 Å². The lowest BCUT2D eigenvalue weighted by atomic mass is 10.0. The normalized spacial score (nSPS) is 19.9. The number of hydrogen-bond acceptors (Lipinski definition) is 7. The lowest BCUT2D eigenvalue weighted by Crippen LogP contribution is -2.50. The number of ether oxygens (including phenoxy) is 1. The number of nitrogens with zero attached hydrogens (tertiary/aromatic N) is 3. The predicted molar refractivity (Wildman–Crippen MR) is 152 cm³/mol. The Kier molecular flexibility index (Phi) is 8.97. The number of aliphatic hydroxyl groups is 1. The number of benzene rings is 2. The summed E-state index contributed by atoms with van der Waals surface area (Å²) >= 11 is 0. The highest BCUT2D eigenvalue weighted by Gasteiger charge is 2.39. The van der Waals surface area contributed by atoms with Crippen LogP contribution in [0.1, 0.15) is 30.5 Å². The highest BCUT2D eigenvalue weighted by molar-refractivity contribution is 7.89. The van der Waals surface area contributed by atoms with Gasteiger partial charge in [-0.25, -0.2) is 16.8 Å². The van der Waals surface area contributed by atoms with Crippen molar-refractivity contribution in [2.45, 2.75) is 42.7 Å². The Bertz CT molecular complexity index is 1620. The summed E-state index contributed by atoms with van der Waals surface area (Å²) in [6.45, 7) is 4.96. The van der Waals surface area contributed by atoms with Crippen LogP contribution >= 0.6 is 0 Å². The van der Waals surface area contributed by atoms with Crippen LogP contribution in [0.2, 0.25) is 0 Å². The molecular weight excluding hydrogens is 550 g/mol. The van der Waals surface area contributed by atoms with Gasteiger partial charge in [-0.15, -0.1) is 0 Å². The van der Waals surface area contributed by atoms with E-state index in [1.807, 2.05) is 13.8 Å². The summed E-state index contributed by atoms with van der Waals surface area (Å²) in [4.78, 5) is 4.07. The molecule has 0 saturated heterocycles. The summed E-state index contributed by atoms with van der Waals surface area (Å²) in [6, 6.07) is 14.0. The molecule has 0 unspecified atom stereocenters. The Morgan fingerprint density at radius 3 is 2.40 bits per heavy atom. The van der Waals surface area contributed by atoms with Gasteiger partial charge in [0.25, 0.3) is 0 Å². The van der Waals surface area contributed by atoms with Gasteiger partial charge in [0, 0.05) is 49.1 Å². The second-order valence-electron chi connectivity index (χ2n) is 9.99. The largest absolute Gasteiger partial charge is 0.487 e. The first kappa shape index (κ1) is 29.7. The number of aryl methyl sites for hydroxylation is 1. The quantitative estimate of drug-likeness (QED) is 0.444. The number of aromatic nitrogens is 1. The first-order chi connectivity index (χ1) is 18.9. The molecule has 0 spiro atoms. The van der Waals surface area contributed by atoms with Gasteiger partial charge in [0.1, 0.15) is 16.7 Å². The molecule has 40 heavy (non-hydrogen) atoms. The zero-order valence-electron chi connectivity index (χ0n) is 22.9. The van der Waals surface area contributed by atoms with Gasteiger partial charge in [0.2, 0.25) is 20.0 Å². The van der Waals surface area contributed by atoms with E-state index in [1.54, 1.807) is 67.8 Å². The topological polar surface area (TPSA) is 117 Å². The Morgan fingerprint density at radius 1 is 1.10 bits per heavy atom. The predicted octanol–water partition coefficient (Wildman–Crippen LogP) is 2.88. The van der Waals surface area contributed by atoms with E-state index in [1.165, 1.54) is 21.7 Å². The minimum absolute atomic E-state index is 0.0227. The minimum Gasteiger partial charge on any atom is -0.487 e. The molecule has 0 saturated carbocycles. The monoisotopic (exact) mass is 583 g/mol. The Hall–Kier alpha value is -3.27. The van der Waals surface area contributed by atoms with E-state index in [9.17, 15) is 21.9 Å². The third-order valence-corrected chi connectivity index (χ3v) is 10.7. The molecule has 1 aliphatic rings. The molecule has 3 atom stereocenters. The van der Waals surface area contributed by atoms with Crippen molar-refractivity contribution in [1.29, 1.82) is 0 Å². The summed E-state index contributed by atoms with van der Waals surface area (Å²) in [6.07, 6.45) is 2.56. The van der Waals surface area contributed by atoms with Gasteiger partial charge < -0.3 is 9.84 Å². The average Bonchev–Trinajstić information content (AvgIpc) is 2.94. The van der Waals surface area contributed by atoms with Crippen LogP contribution in [-0.2, 0) is 20.0 Å². The molecule has 0 aliphatic carbocycles. The van der Waals surface area contributed by atoms with Crippen LogP contribution in [0, 0.1) is 24.7 Å². The molecule has 1 aliphatic heterocycles. The molecule has 9 nitrogen and oxygen atoms in total. The summed E-state index contributed by atoms with van der Waals surface area (Å²) in [5.74, 6) is 5.71. The van der Waals surface area contributed by atoms with Crippen molar-refractivity contribution in [3.63, 3.8) is 0 Å². The van der Waals surface area contributed by atoms with E-state index in [-0.39, 0.29) is 35.2 Å². The van der Waals surface area contributed by atoms with Gasteiger partial charge in [-0.05, 0) is 56.3 Å². The van der Waals surface area contributed by atoms with E-state index >= 15 is 0 Å². The number of pyridine rings is 1. The van der Waals surface area contributed by atoms with E-state index < -0.39 is 38.1 Å². The number of likely N-dealkylation sites (N-methyl/N-ethyl adjacent to an activating group) is 1. The second kappa shape index (κ2) is 12.1. The maximum absolute atomic E-state index is 13.7. The smallest absolute Gasteiger partial charge is 0.247 e. The van der Waals surface area contributed by atoms with E-state index in [2.05, 4.69) is 16.8 Å². The van der Waals surface area contributed by atoms with Crippen LogP contribution < -0.4 is 4.74 Å². The molecule has 0 radical (unpaired) electrons. The van der Waals surface area contributed by atoms with Crippen LogP contribution in [-0.4, -0.2) is 74.4 Å². The third kappa shape index (κ3) is 6.37. The zero-order valence-corrected chi connectivity index (χ0v) is 24.5. The molecular formula is C29H33N3O6S2. The van der Waals surface area contributed by atoms with Crippen LogP contribution in [0.25, 0.3) is 0 Å². The number of hydrogen-bond donors (Lipinski definition) is 1. The highest BCUT2D eigenvalue weighted by atomic mass is 32.2. The Balaban J connectivity index is 1.74. The zero-order chi connectivity index (χ0) is 29.1. The second-order valence-corrected chi connectivity index (χ2v) is 13.9. The number of fused-ring (bicyclic) bond motifs is 1. The van der Waals surface area contributed by atoms with Crippen molar-refractivity contribution in [3.8, 4) is 17.6 Å². The third-order valence-electron chi connectivity index (χ3n) is 6.86. The molecule has 1 aromatic heterocycles. The summed E-state index contributed by atoms with van der Waals surface area (Å²) in [5, 5.41) is 9.85. The van der Waals surface area contributed by atoms with Gasteiger partial charge in [0.05, 0.1) is 18.0 Å². The van der Waals surface area contributed by atoms with Crippen molar-refractivity contribution >= 4 is 20.0 Å². The van der Waals surface area contributed by atoms with Crippen LogP contribution in [0.4, 0.5) is 0 Å². The number of rotatable bonds is 6. The fourth-order valence-corrected chi connectivity index (χ4v) is 7.35. The van der Waals surface area contributed by atoms with Crippen molar-refractivity contribution < 1.29 is 26.7 Å². The molecule has 4 rings (SSSR count). The molecule has 1 N–H and O–H groups in total. The molecule has 0 fully saturated rings. The van der Waals surface area contributed by atoms with E-state index in [0.717, 1.165) is 11.1 Å². The molecule has 0 amide bonds. The maximum Gasteiger partial charge on any atom is 0.247 e. The van der Waals surface area contributed by atoms with Gasteiger partial charge in [-0.3, -0.25) is 4.98 Å². The lowest BCUT2D eigenvalue weighted by Gasteiger charge is -2.37. The highest BCUT2D eigenvalue weighted by Crippen LogP contribution is 2.34. The summed E-state index contributed by atoms with van der Waals surface area (Å²) in [7, 11) is -6.39. The van der Waals surface area contributed by atoms with Crippen LogP contribution in [0.3, 0.4) is 0 Å². The Morgan fingerprint density at radius 2 is 1.75 bits per heavy atom. The van der Waals surface area contributed by atoms with Crippen molar-refractivity contribution in [3.05, 3.63) is 83.7 Å². The molecule has 2 heterocycles. The number of sulfonamides is 2. The first-order valence-electron chi connectivity index (χ1n) is 12.8. The van der Waals surface area contributed by atoms with Gasteiger partial charge >= 0.3 is 0 Å². The van der Waals surface area contributed by atoms with Crippen LogP contribution in [0.15, 0.2) is 76.8 Å². The standard InChI is InChI=1S/C29H33N3O6S2/c1-21-5-10-26(11-6-21)39(34,35)31(4)19-28-22(2)18-32(23(3)20-33)40(36,37)29-12-9-25(17-27(29)38-28)8-7-24-13-15-30-16-14-24/h5-6,9-17,22-23,28,33H,18-20H2,1-4H3/t22-,23+,28+/m1/s1. The van der Waals surface area contributed by atoms with Gasteiger partial charge in [-0.2, -0.15) is 8.61 Å². The average molecular weight is 584 g/mol. The lowest BCUT2D eigenvalue weighted by molar-refractivity contribution is 0.0904. The van der Waals surface area contributed by atoms with Gasteiger partial charge in [0.15, 0.2) is 0 Å². The summed E-state index contributed by atoms with van der Waals surface area (Å²) < 4.78 is 62.8. The molecule has 0 bridgehead atoms. The fraction of sp³-hybridized carbons (Fsp3) is 0.345. The van der Waals surface area contributed by atoms with E-state index in [0.29, 0.717) is 5.56 Å². The van der Waals surface area contributed by atoms with Crippen LogP contribution in [0.5, 0.6) is 5.75 Å². The van der Waals surface area contributed by atoms with E-state index in [4.69, 9.17) is 4.74 Å². The Labute approximate surface area is 236 Å². The number of aliphatic hydroxyl groups excluding tert-OH is 1. The van der Waals surface area contributed by atoms with Crippen molar-refractivity contribution in [2.24, 2.45) is 5.92 Å². The van der Waals surface area contributed by atoms with Crippen molar-refractivity contribution in [2.75, 3.05) is 26.7 Å². The fourth-order valence-electron chi connectivity index (χ4n) is 4.34. The first-order valence-corrected chi connectivity index (χ1v) is 15.7. The molecule has 11 heteroatoms. The molecule has 212 valence electrons.